The summed E-state index contributed by atoms with van der Waals surface area (Å²) in [7, 11) is 0. The van der Waals surface area contributed by atoms with Crippen molar-refractivity contribution in [1.82, 2.24) is 4.98 Å². The van der Waals surface area contributed by atoms with Crippen LogP contribution in [0.5, 0.6) is 0 Å². The molecule has 0 aliphatic heterocycles. The van der Waals surface area contributed by atoms with Gasteiger partial charge in [-0.3, -0.25) is 4.98 Å². The second-order valence-electron chi connectivity index (χ2n) is 6.22. The van der Waals surface area contributed by atoms with Crippen LogP contribution in [0.2, 0.25) is 0 Å². The number of carboxylic acid groups (broad SMARTS) is 4. The third-order valence-corrected chi connectivity index (χ3v) is 4.25. The summed E-state index contributed by atoms with van der Waals surface area (Å²) in [5.41, 5.74) is -0.202. The minimum Gasteiger partial charge on any atom is -0.478 e. The molecule has 1 heterocycles. The molecule has 4 N–H and O–H groups in total. The maximum absolute atomic E-state index is 11.4. The van der Waals surface area contributed by atoms with Gasteiger partial charge in [0.25, 0.3) is 0 Å². The highest BCUT2D eigenvalue weighted by molar-refractivity contribution is 5.99. The second kappa shape index (κ2) is 7.84. The Morgan fingerprint density at radius 2 is 1.00 bits per heavy atom. The molecule has 0 aliphatic rings. The number of carbonyl (C=O) groups is 4. The minimum absolute atomic E-state index is 0.167. The SMILES string of the molecule is O=C(O)c1cc(C(=O)O)cc(-c2cccnc2-c2cc(C(=O)O)cc(C(=O)O)c2)c1. The molecule has 0 fully saturated rings. The first kappa shape index (κ1) is 20.2. The number of hydrogen-bond donors (Lipinski definition) is 4. The summed E-state index contributed by atoms with van der Waals surface area (Å²) in [4.78, 5) is 49.8. The molecule has 0 spiro atoms. The topological polar surface area (TPSA) is 162 Å². The Labute approximate surface area is 168 Å². The lowest BCUT2D eigenvalue weighted by Gasteiger charge is -2.12. The zero-order valence-corrected chi connectivity index (χ0v) is 15.1. The Kier molecular flexibility index (Phi) is 5.28. The quantitative estimate of drug-likeness (QED) is 0.480. The summed E-state index contributed by atoms with van der Waals surface area (Å²) < 4.78 is 0. The predicted molar refractivity (Wildman–Crippen MR) is 103 cm³/mol. The van der Waals surface area contributed by atoms with Gasteiger partial charge in [-0.25, -0.2) is 19.2 Å². The van der Waals surface area contributed by atoms with E-state index in [4.69, 9.17) is 0 Å². The molecule has 0 atom stereocenters. The van der Waals surface area contributed by atoms with E-state index in [9.17, 15) is 39.6 Å². The average molecular weight is 407 g/mol. The van der Waals surface area contributed by atoms with Gasteiger partial charge in [-0.2, -0.15) is 0 Å². The summed E-state index contributed by atoms with van der Waals surface area (Å²) in [6.07, 6.45) is 1.39. The zero-order valence-electron chi connectivity index (χ0n) is 15.1. The molecule has 1 aromatic heterocycles. The van der Waals surface area contributed by atoms with Crippen molar-refractivity contribution in [2.45, 2.75) is 0 Å². The minimum atomic E-state index is -1.34. The lowest BCUT2D eigenvalue weighted by atomic mass is 9.94. The van der Waals surface area contributed by atoms with Crippen LogP contribution in [0.4, 0.5) is 0 Å². The standard InChI is InChI=1S/C21H13NO8/c23-18(24)12-4-10(5-13(8-12)19(25)26)16-2-1-3-22-17(16)11-6-14(20(27)28)9-15(7-11)21(29)30/h1-9H,(H,23,24)(H,25,26)(H,27,28)(H,29,30). The maximum atomic E-state index is 11.4. The second-order valence-corrected chi connectivity index (χ2v) is 6.22. The van der Waals surface area contributed by atoms with Gasteiger partial charge < -0.3 is 20.4 Å². The van der Waals surface area contributed by atoms with Crippen LogP contribution in [0.1, 0.15) is 41.4 Å². The van der Waals surface area contributed by atoms with Crippen LogP contribution in [0, 0.1) is 0 Å². The van der Waals surface area contributed by atoms with E-state index in [1.165, 1.54) is 36.5 Å². The summed E-state index contributed by atoms with van der Waals surface area (Å²) in [6, 6.07) is 10.1. The molecule has 150 valence electrons. The van der Waals surface area contributed by atoms with Crippen molar-refractivity contribution in [2.75, 3.05) is 0 Å². The largest absolute Gasteiger partial charge is 0.478 e. The van der Waals surface area contributed by atoms with Crippen LogP contribution >= 0.6 is 0 Å². The molecule has 0 aliphatic carbocycles. The first-order valence-electron chi connectivity index (χ1n) is 8.36. The van der Waals surface area contributed by atoms with Crippen molar-refractivity contribution >= 4 is 23.9 Å². The summed E-state index contributed by atoms with van der Waals surface area (Å²) in [5, 5.41) is 37.2. The highest BCUT2D eigenvalue weighted by atomic mass is 16.4. The molecule has 0 saturated carbocycles. The first-order chi connectivity index (χ1) is 14.2. The first-order valence-corrected chi connectivity index (χ1v) is 8.36. The van der Waals surface area contributed by atoms with Gasteiger partial charge in [0.1, 0.15) is 0 Å². The fourth-order valence-electron chi connectivity index (χ4n) is 2.91. The smallest absolute Gasteiger partial charge is 0.335 e. The normalized spacial score (nSPS) is 10.4. The molecular weight excluding hydrogens is 394 g/mol. The van der Waals surface area contributed by atoms with Gasteiger partial charge in [-0.05, 0) is 48.0 Å². The third kappa shape index (κ3) is 3.99. The van der Waals surface area contributed by atoms with Gasteiger partial charge in [-0.1, -0.05) is 6.07 Å². The van der Waals surface area contributed by atoms with Gasteiger partial charge in [0.05, 0.1) is 27.9 Å². The van der Waals surface area contributed by atoms with E-state index in [1.807, 2.05) is 0 Å². The number of rotatable bonds is 6. The molecule has 9 nitrogen and oxygen atoms in total. The number of aromatic nitrogens is 1. The van der Waals surface area contributed by atoms with Crippen molar-refractivity contribution in [1.29, 1.82) is 0 Å². The summed E-state index contributed by atoms with van der Waals surface area (Å²) in [6.45, 7) is 0. The lowest BCUT2D eigenvalue weighted by molar-refractivity contribution is 0.0676. The van der Waals surface area contributed by atoms with E-state index >= 15 is 0 Å². The van der Waals surface area contributed by atoms with Gasteiger partial charge in [-0.15, -0.1) is 0 Å². The molecule has 0 unspecified atom stereocenters. The molecule has 0 saturated heterocycles. The van der Waals surface area contributed by atoms with Gasteiger partial charge in [0.15, 0.2) is 0 Å². The summed E-state index contributed by atoms with van der Waals surface area (Å²) in [5.74, 6) is -5.33. The average Bonchev–Trinajstić information content (AvgIpc) is 2.72. The van der Waals surface area contributed by atoms with Crippen LogP contribution in [0.3, 0.4) is 0 Å². The van der Waals surface area contributed by atoms with Crippen molar-refractivity contribution < 1.29 is 39.6 Å². The Morgan fingerprint density at radius 1 is 0.600 bits per heavy atom. The monoisotopic (exact) mass is 407 g/mol. The van der Waals surface area contributed by atoms with E-state index < -0.39 is 23.9 Å². The molecule has 0 amide bonds. The third-order valence-electron chi connectivity index (χ3n) is 4.25. The fraction of sp³-hybridized carbons (Fsp3) is 0. The van der Waals surface area contributed by atoms with Gasteiger partial charge in [0.2, 0.25) is 0 Å². The Balaban J connectivity index is 2.29. The predicted octanol–water partition coefficient (Wildman–Crippen LogP) is 3.21. The molecule has 9 heteroatoms. The van der Waals surface area contributed by atoms with Crippen molar-refractivity contribution in [3.63, 3.8) is 0 Å². The van der Waals surface area contributed by atoms with E-state index in [2.05, 4.69) is 4.98 Å². The number of nitrogens with zero attached hydrogens (tertiary/aromatic N) is 1. The lowest BCUT2D eigenvalue weighted by Crippen LogP contribution is -2.05. The van der Waals surface area contributed by atoms with Crippen LogP contribution in [-0.4, -0.2) is 49.3 Å². The molecule has 0 radical (unpaired) electrons. The van der Waals surface area contributed by atoms with Gasteiger partial charge >= 0.3 is 23.9 Å². The van der Waals surface area contributed by atoms with Crippen molar-refractivity contribution in [3.05, 3.63) is 77.0 Å². The molecular formula is C21H13NO8. The van der Waals surface area contributed by atoms with E-state index in [0.29, 0.717) is 5.56 Å². The number of benzene rings is 2. The number of hydrogen-bond acceptors (Lipinski definition) is 5. The number of carboxylic acids is 4. The molecule has 3 aromatic rings. The van der Waals surface area contributed by atoms with E-state index in [0.717, 1.165) is 12.1 Å². The Bertz CT molecular complexity index is 1060. The highest BCUT2D eigenvalue weighted by Crippen LogP contribution is 2.32. The van der Waals surface area contributed by atoms with Crippen molar-refractivity contribution in [3.8, 4) is 22.4 Å². The van der Waals surface area contributed by atoms with Crippen LogP contribution in [0.15, 0.2) is 54.7 Å². The Morgan fingerprint density at radius 3 is 1.40 bits per heavy atom. The highest BCUT2D eigenvalue weighted by Gasteiger charge is 2.18. The molecule has 3 rings (SSSR count). The zero-order chi connectivity index (χ0) is 22.0. The van der Waals surface area contributed by atoms with E-state index in [-0.39, 0.29) is 39.1 Å². The molecule has 2 aromatic carbocycles. The summed E-state index contributed by atoms with van der Waals surface area (Å²) >= 11 is 0. The number of pyridine rings is 1. The molecule has 0 bridgehead atoms. The fourth-order valence-corrected chi connectivity index (χ4v) is 2.91. The van der Waals surface area contributed by atoms with Crippen LogP contribution in [0.25, 0.3) is 22.4 Å². The maximum Gasteiger partial charge on any atom is 0.335 e. The van der Waals surface area contributed by atoms with Crippen LogP contribution < -0.4 is 0 Å². The van der Waals surface area contributed by atoms with Gasteiger partial charge in [0, 0.05) is 17.3 Å². The number of aromatic carboxylic acids is 4. The van der Waals surface area contributed by atoms with Crippen LogP contribution in [-0.2, 0) is 0 Å². The van der Waals surface area contributed by atoms with E-state index in [1.54, 1.807) is 6.07 Å². The Hall–Kier alpha value is -4.53. The van der Waals surface area contributed by atoms with Crippen molar-refractivity contribution in [2.24, 2.45) is 0 Å². The molecule has 30 heavy (non-hydrogen) atoms.